The third-order valence-corrected chi connectivity index (χ3v) is 4.43. The maximum atomic E-state index is 12.5. The van der Waals surface area contributed by atoms with Crippen molar-refractivity contribution in [1.82, 2.24) is 19.7 Å². The van der Waals surface area contributed by atoms with Gasteiger partial charge in [0.2, 0.25) is 5.91 Å². The van der Waals surface area contributed by atoms with Gasteiger partial charge in [-0.25, -0.2) is 0 Å². The predicted molar refractivity (Wildman–Crippen MR) is 75.5 cm³/mol. The molecule has 2 aliphatic heterocycles. The second-order valence-electron chi connectivity index (χ2n) is 5.66. The first-order valence-corrected chi connectivity index (χ1v) is 7.21. The van der Waals surface area contributed by atoms with Crippen LogP contribution in [0.2, 0.25) is 0 Å². The lowest BCUT2D eigenvalue weighted by Crippen LogP contribution is -2.42. The lowest BCUT2D eigenvalue weighted by atomic mass is 10.1. The van der Waals surface area contributed by atoms with Crippen LogP contribution >= 0.6 is 0 Å². The summed E-state index contributed by atoms with van der Waals surface area (Å²) in [6.07, 6.45) is 1.97. The SMILES string of the molecule is C[C@H]1C(=O)N2CCC[C@H]2c2nnc(-c3ccc(O)cc3)n21. The van der Waals surface area contributed by atoms with E-state index in [0.717, 1.165) is 30.8 Å². The molecule has 6 heteroatoms. The van der Waals surface area contributed by atoms with Crippen molar-refractivity contribution in [1.29, 1.82) is 0 Å². The molecule has 1 aromatic heterocycles. The Morgan fingerprint density at radius 1 is 1.24 bits per heavy atom. The maximum absolute atomic E-state index is 12.5. The number of fused-ring (bicyclic) bond motifs is 3. The summed E-state index contributed by atoms with van der Waals surface area (Å²) in [4.78, 5) is 14.4. The third-order valence-electron chi connectivity index (χ3n) is 4.43. The Labute approximate surface area is 122 Å². The van der Waals surface area contributed by atoms with Gasteiger partial charge in [-0.15, -0.1) is 10.2 Å². The molecule has 2 aromatic rings. The Bertz CT molecular complexity index is 707. The first kappa shape index (κ1) is 12.4. The number of benzene rings is 1. The summed E-state index contributed by atoms with van der Waals surface area (Å²) in [6, 6.07) is 6.61. The third kappa shape index (κ3) is 1.68. The van der Waals surface area contributed by atoms with Crippen LogP contribution in [0, 0.1) is 0 Å². The Morgan fingerprint density at radius 3 is 2.76 bits per heavy atom. The molecule has 1 N–H and O–H groups in total. The molecular formula is C15H16N4O2. The largest absolute Gasteiger partial charge is 0.508 e. The van der Waals surface area contributed by atoms with Crippen molar-refractivity contribution in [2.75, 3.05) is 6.54 Å². The van der Waals surface area contributed by atoms with E-state index >= 15 is 0 Å². The minimum Gasteiger partial charge on any atom is -0.508 e. The zero-order valence-electron chi connectivity index (χ0n) is 11.7. The van der Waals surface area contributed by atoms with Crippen molar-refractivity contribution in [2.45, 2.75) is 31.8 Å². The molecule has 3 heterocycles. The molecule has 1 aromatic carbocycles. The zero-order valence-corrected chi connectivity index (χ0v) is 11.7. The monoisotopic (exact) mass is 284 g/mol. The molecule has 108 valence electrons. The number of aromatic hydroxyl groups is 1. The van der Waals surface area contributed by atoms with Crippen LogP contribution in [0.4, 0.5) is 0 Å². The van der Waals surface area contributed by atoms with Crippen LogP contribution in [0.15, 0.2) is 24.3 Å². The molecule has 1 fully saturated rings. The van der Waals surface area contributed by atoms with Crippen LogP contribution in [-0.2, 0) is 4.79 Å². The highest BCUT2D eigenvalue weighted by Crippen LogP contribution is 2.40. The van der Waals surface area contributed by atoms with Crippen molar-refractivity contribution < 1.29 is 9.90 Å². The summed E-state index contributed by atoms with van der Waals surface area (Å²) in [5.41, 5.74) is 0.859. The zero-order chi connectivity index (χ0) is 14.6. The second kappa shape index (κ2) is 4.31. The number of amides is 1. The number of carbonyl (C=O) groups excluding carboxylic acids is 1. The molecule has 0 spiro atoms. The van der Waals surface area contributed by atoms with Crippen LogP contribution in [-0.4, -0.2) is 37.2 Å². The molecule has 6 nitrogen and oxygen atoms in total. The van der Waals surface area contributed by atoms with Gasteiger partial charge in [0.1, 0.15) is 11.8 Å². The van der Waals surface area contributed by atoms with Gasteiger partial charge >= 0.3 is 0 Å². The van der Waals surface area contributed by atoms with Crippen LogP contribution in [0.3, 0.4) is 0 Å². The van der Waals surface area contributed by atoms with Gasteiger partial charge in [0.15, 0.2) is 11.6 Å². The van der Waals surface area contributed by atoms with Gasteiger partial charge < -0.3 is 10.0 Å². The molecule has 0 bridgehead atoms. The van der Waals surface area contributed by atoms with E-state index in [1.54, 1.807) is 24.3 Å². The Morgan fingerprint density at radius 2 is 2.00 bits per heavy atom. The van der Waals surface area contributed by atoms with Crippen molar-refractivity contribution >= 4 is 5.91 Å². The fraction of sp³-hybridized carbons (Fsp3) is 0.400. The summed E-state index contributed by atoms with van der Waals surface area (Å²) in [5.74, 6) is 1.92. The summed E-state index contributed by atoms with van der Waals surface area (Å²) in [6.45, 7) is 2.71. The van der Waals surface area contributed by atoms with Crippen molar-refractivity contribution in [3.05, 3.63) is 30.1 Å². The predicted octanol–water partition coefficient (Wildman–Crippen LogP) is 1.89. The molecule has 2 atom stereocenters. The lowest BCUT2D eigenvalue weighted by Gasteiger charge is -2.34. The lowest BCUT2D eigenvalue weighted by molar-refractivity contribution is -0.137. The van der Waals surface area contributed by atoms with Crippen LogP contribution in [0.5, 0.6) is 5.75 Å². The summed E-state index contributed by atoms with van der Waals surface area (Å²) in [5, 5.41) is 18.0. The number of phenols is 1. The topological polar surface area (TPSA) is 71.2 Å². The van der Waals surface area contributed by atoms with E-state index in [4.69, 9.17) is 0 Å². The van der Waals surface area contributed by atoms with Gasteiger partial charge in [-0.2, -0.15) is 0 Å². The average Bonchev–Trinajstić information content (AvgIpc) is 3.12. The molecule has 0 radical (unpaired) electrons. The summed E-state index contributed by atoms with van der Waals surface area (Å²) in [7, 11) is 0. The number of aromatic nitrogens is 3. The molecule has 2 aliphatic rings. The van der Waals surface area contributed by atoms with E-state index in [9.17, 15) is 9.90 Å². The van der Waals surface area contributed by atoms with Gasteiger partial charge in [0.25, 0.3) is 0 Å². The Hall–Kier alpha value is -2.37. The van der Waals surface area contributed by atoms with E-state index in [1.807, 2.05) is 16.4 Å². The van der Waals surface area contributed by atoms with Crippen LogP contribution < -0.4 is 0 Å². The first-order valence-electron chi connectivity index (χ1n) is 7.21. The Kier molecular flexibility index (Phi) is 2.54. The fourth-order valence-corrected chi connectivity index (χ4v) is 3.37. The highest BCUT2D eigenvalue weighted by Gasteiger charge is 2.42. The molecule has 0 unspecified atom stereocenters. The second-order valence-corrected chi connectivity index (χ2v) is 5.66. The minimum absolute atomic E-state index is 0.0621. The molecule has 0 aliphatic carbocycles. The molecular weight excluding hydrogens is 268 g/mol. The fourth-order valence-electron chi connectivity index (χ4n) is 3.37. The molecule has 1 amide bonds. The van der Waals surface area contributed by atoms with Gasteiger partial charge in [0, 0.05) is 12.1 Å². The van der Waals surface area contributed by atoms with E-state index in [1.165, 1.54) is 0 Å². The quantitative estimate of drug-likeness (QED) is 0.868. The van der Waals surface area contributed by atoms with E-state index in [0.29, 0.717) is 5.82 Å². The summed E-state index contributed by atoms with van der Waals surface area (Å²) >= 11 is 0. The molecule has 21 heavy (non-hydrogen) atoms. The van der Waals surface area contributed by atoms with Crippen molar-refractivity contribution in [2.24, 2.45) is 0 Å². The summed E-state index contributed by atoms with van der Waals surface area (Å²) < 4.78 is 1.95. The number of rotatable bonds is 1. The van der Waals surface area contributed by atoms with Gasteiger partial charge in [-0.1, -0.05) is 0 Å². The van der Waals surface area contributed by atoms with E-state index < -0.39 is 0 Å². The molecule has 4 rings (SSSR count). The highest BCUT2D eigenvalue weighted by molar-refractivity contribution is 5.83. The van der Waals surface area contributed by atoms with Crippen LogP contribution in [0.25, 0.3) is 11.4 Å². The highest BCUT2D eigenvalue weighted by atomic mass is 16.3. The number of carbonyl (C=O) groups is 1. The smallest absolute Gasteiger partial charge is 0.246 e. The van der Waals surface area contributed by atoms with Crippen molar-refractivity contribution in [3.63, 3.8) is 0 Å². The van der Waals surface area contributed by atoms with Gasteiger partial charge in [-0.3, -0.25) is 9.36 Å². The number of hydrogen-bond acceptors (Lipinski definition) is 4. The first-order chi connectivity index (χ1) is 10.2. The Balaban J connectivity index is 1.86. The maximum Gasteiger partial charge on any atom is 0.246 e. The normalized spacial score (nSPS) is 24.0. The van der Waals surface area contributed by atoms with E-state index in [2.05, 4.69) is 10.2 Å². The minimum atomic E-state index is -0.284. The van der Waals surface area contributed by atoms with Crippen LogP contribution in [0.1, 0.15) is 37.7 Å². The van der Waals surface area contributed by atoms with E-state index in [-0.39, 0.29) is 23.7 Å². The van der Waals surface area contributed by atoms with Gasteiger partial charge in [0.05, 0.1) is 6.04 Å². The molecule has 1 saturated heterocycles. The molecule has 0 saturated carbocycles. The number of nitrogens with zero attached hydrogens (tertiary/aromatic N) is 4. The average molecular weight is 284 g/mol. The number of phenolic OH excluding ortho intramolecular Hbond substituents is 1. The standard InChI is InChI=1S/C15H16N4O2/c1-9-15(21)18-8-2-3-12(18)14-17-16-13(19(9)14)10-4-6-11(20)7-5-10/h4-7,9,12,20H,2-3,8H2,1H3/t9-,12-/m0/s1. The van der Waals surface area contributed by atoms with Gasteiger partial charge in [-0.05, 0) is 44.0 Å². The van der Waals surface area contributed by atoms with Crippen molar-refractivity contribution in [3.8, 4) is 17.1 Å². The number of hydrogen-bond donors (Lipinski definition) is 1.